The number of carboxylic acids is 1. The summed E-state index contributed by atoms with van der Waals surface area (Å²) >= 11 is 7.06. The molecular formula is C29H35FN6O4S2. The first-order valence-electron chi connectivity index (χ1n) is 14.3. The van der Waals surface area contributed by atoms with Gasteiger partial charge >= 0.3 is 11.9 Å². The minimum Gasteiger partial charge on any atom is -0.481 e. The summed E-state index contributed by atoms with van der Waals surface area (Å²) in [7, 11) is 0. The van der Waals surface area contributed by atoms with Gasteiger partial charge in [-0.1, -0.05) is 12.1 Å². The largest absolute Gasteiger partial charge is 0.481 e. The molecule has 0 amide bonds. The van der Waals surface area contributed by atoms with Crippen molar-refractivity contribution in [2.45, 2.75) is 39.8 Å². The Kier molecular flexibility index (Phi) is 8.24. The molecule has 4 heterocycles. The molecule has 2 atom stereocenters. The summed E-state index contributed by atoms with van der Waals surface area (Å²) in [5.74, 6) is -1.76. The zero-order valence-corrected chi connectivity index (χ0v) is 25.6. The van der Waals surface area contributed by atoms with E-state index in [1.54, 1.807) is 45.3 Å². The number of carbonyl (C=O) groups excluding carboxylic acids is 1. The van der Waals surface area contributed by atoms with E-state index in [2.05, 4.69) is 25.1 Å². The highest BCUT2D eigenvalue weighted by molar-refractivity contribution is 7.80. The van der Waals surface area contributed by atoms with Crippen LogP contribution in [0.15, 0.2) is 46.0 Å². The molecule has 0 saturated carbocycles. The summed E-state index contributed by atoms with van der Waals surface area (Å²) in [4.78, 5) is 40.6. The van der Waals surface area contributed by atoms with Crippen molar-refractivity contribution in [2.24, 2.45) is 10.4 Å². The Morgan fingerprint density at radius 3 is 2.81 bits per heavy atom. The Morgan fingerprint density at radius 1 is 1.33 bits per heavy atom. The van der Waals surface area contributed by atoms with E-state index < -0.39 is 29.2 Å². The van der Waals surface area contributed by atoms with E-state index in [1.165, 1.54) is 23.5 Å². The SMILES string of the molecule is [2H][C@@]1(c2cccc(F)c2C)N=C(c2nccs2)NC(CN2CCN3C(=S)N(CC(C)(C)C(=O)O)C[C@@H]3C2)=C1C(=O)OCC. The summed E-state index contributed by atoms with van der Waals surface area (Å²) in [6, 6.07) is 2.48. The fraction of sp³-hybridized carbons (Fsp3) is 0.483. The number of aromatic nitrogens is 1. The van der Waals surface area contributed by atoms with E-state index in [-0.39, 0.29) is 35.9 Å². The topological polar surface area (TPSA) is 111 Å². The summed E-state index contributed by atoms with van der Waals surface area (Å²) < 4.78 is 29.9. The van der Waals surface area contributed by atoms with Gasteiger partial charge < -0.3 is 25.0 Å². The fourth-order valence-electron chi connectivity index (χ4n) is 5.47. The third-order valence-electron chi connectivity index (χ3n) is 7.73. The summed E-state index contributed by atoms with van der Waals surface area (Å²) in [6.45, 7) is 9.72. The lowest BCUT2D eigenvalue weighted by atomic mass is 9.92. The van der Waals surface area contributed by atoms with Crippen molar-refractivity contribution in [1.29, 1.82) is 0 Å². The van der Waals surface area contributed by atoms with Crippen LogP contribution < -0.4 is 5.32 Å². The number of amidine groups is 1. The number of carbonyl (C=O) groups is 2. The third kappa shape index (κ3) is 5.90. The van der Waals surface area contributed by atoms with Gasteiger partial charge in [0, 0.05) is 56.5 Å². The number of carboxylic acid groups (broad SMARTS) is 1. The van der Waals surface area contributed by atoms with E-state index in [0.29, 0.717) is 54.4 Å². The molecule has 0 bridgehead atoms. The normalized spacial score (nSPS) is 23.4. The van der Waals surface area contributed by atoms with Crippen molar-refractivity contribution < 1.29 is 25.2 Å². The number of aliphatic carboxylic acids is 1. The quantitative estimate of drug-likeness (QED) is 0.322. The van der Waals surface area contributed by atoms with Gasteiger partial charge in [0.2, 0.25) is 0 Å². The van der Waals surface area contributed by atoms with E-state index in [1.807, 2.05) is 4.90 Å². The van der Waals surface area contributed by atoms with Crippen LogP contribution in [0.2, 0.25) is 0 Å². The number of piperazine rings is 1. The average molecular weight is 616 g/mol. The maximum absolute atomic E-state index is 14.8. The molecule has 3 aliphatic heterocycles. The number of aliphatic imine (C=N–C) groups is 1. The van der Waals surface area contributed by atoms with Crippen LogP contribution in [0, 0.1) is 18.2 Å². The van der Waals surface area contributed by atoms with Crippen molar-refractivity contribution >= 4 is 46.4 Å². The second kappa shape index (κ2) is 12.1. The highest BCUT2D eigenvalue weighted by atomic mass is 32.1. The predicted molar refractivity (Wildman–Crippen MR) is 162 cm³/mol. The van der Waals surface area contributed by atoms with Crippen molar-refractivity contribution in [2.75, 3.05) is 45.9 Å². The van der Waals surface area contributed by atoms with E-state index in [0.717, 1.165) is 0 Å². The minimum absolute atomic E-state index is 0.00226. The molecule has 0 aliphatic carbocycles. The monoisotopic (exact) mass is 615 g/mol. The highest BCUT2D eigenvalue weighted by Crippen LogP contribution is 2.36. The molecule has 224 valence electrons. The van der Waals surface area contributed by atoms with Gasteiger partial charge in [-0.2, -0.15) is 0 Å². The summed E-state index contributed by atoms with van der Waals surface area (Å²) in [5, 5.41) is 15.9. The zero-order valence-electron chi connectivity index (χ0n) is 25.0. The van der Waals surface area contributed by atoms with Gasteiger partial charge in [0.15, 0.2) is 16.0 Å². The van der Waals surface area contributed by atoms with E-state index >= 15 is 0 Å². The van der Waals surface area contributed by atoms with E-state index in [9.17, 15) is 20.5 Å². The molecule has 13 heteroatoms. The third-order valence-corrected chi connectivity index (χ3v) is 9.00. The maximum Gasteiger partial charge on any atom is 0.338 e. The van der Waals surface area contributed by atoms with Crippen LogP contribution in [0.25, 0.3) is 0 Å². The molecule has 1 aromatic heterocycles. The first kappa shape index (κ1) is 28.7. The van der Waals surface area contributed by atoms with Gasteiger partial charge in [0.05, 0.1) is 25.0 Å². The number of benzene rings is 1. The first-order chi connectivity index (χ1) is 20.4. The molecule has 2 saturated heterocycles. The molecule has 10 nitrogen and oxygen atoms in total. The minimum atomic E-state index is -1.99. The number of fused-ring (bicyclic) bond motifs is 1. The average Bonchev–Trinajstić information content (AvgIpc) is 3.58. The lowest BCUT2D eigenvalue weighted by molar-refractivity contribution is -0.147. The van der Waals surface area contributed by atoms with Gasteiger partial charge in [-0.15, -0.1) is 11.3 Å². The van der Waals surface area contributed by atoms with Crippen LogP contribution in [0.3, 0.4) is 0 Å². The van der Waals surface area contributed by atoms with Gasteiger partial charge in [-0.05, 0) is 57.1 Å². The Balaban J connectivity index is 1.49. The molecular weight excluding hydrogens is 579 g/mol. The van der Waals surface area contributed by atoms with Crippen LogP contribution in [-0.4, -0.2) is 99.6 Å². The predicted octanol–water partition coefficient (Wildman–Crippen LogP) is 3.20. The lowest BCUT2D eigenvalue weighted by Gasteiger charge is -2.38. The molecule has 3 aliphatic rings. The number of nitrogens with zero attached hydrogens (tertiary/aromatic N) is 5. The summed E-state index contributed by atoms with van der Waals surface area (Å²) in [6.07, 6.45) is 1.63. The first-order valence-corrected chi connectivity index (χ1v) is 15.1. The molecule has 0 radical (unpaired) electrons. The van der Waals surface area contributed by atoms with Crippen LogP contribution >= 0.6 is 23.6 Å². The Morgan fingerprint density at radius 2 is 2.12 bits per heavy atom. The van der Waals surface area contributed by atoms with Crippen LogP contribution in [0.4, 0.5) is 4.39 Å². The number of nitrogens with one attached hydrogen (secondary N) is 1. The number of thiazole rings is 1. The molecule has 5 rings (SSSR count). The van der Waals surface area contributed by atoms with Crippen LogP contribution in [-0.2, 0) is 14.3 Å². The number of halogens is 1. The van der Waals surface area contributed by atoms with Gasteiger partial charge in [0.25, 0.3) is 0 Å². The van der Waals surface area contributed by atoms with Crippen molar-refractivity contribution in [3.05, 3.63) is 63.0 Å². The number of ether oxygens (including phenoxy) is 1. The fourth-order valence-corrected chi connectivity index (χ4v) is 6.43. The lowest BCUT2D eigenvalue weighted by Crippen LogP contribution is -2.53. The Labute approximate surface area is 255 Å². The number of hydrogen-bond acceptors (Lipinski definition) is 9. The molecule has 2 N–H and O–H groups in total. The molecule has 0 spiro atoms. The number of hydrogen-bond donors (Lipinski definition) is 2. The molecule has 2 aromatic rings. The maximum atomic E-state index is 14.8. The van der Waals surface area contributed by atoms with Crippen LogP contribution in [0.1, 0.15) is 44.3 Å². The van der Waals surface area contributed by atoms with Gasteiger partial charge in [-0.3, -0.25) is 14.7 Å². The Hall–Kier alpha value is -3.42. The molecule has 2 fully saturated rings. The van der Waals surface area contributed by atoms with Crippen LogP contribution in [0.5, 0.6) is 0 Å². The summed E-state index contributed by atoms with van der Waals surface area (Å²) in [5.41, 5.74) is -0.0545. The molecule has 1 aromatic carbocycles. The second-order valence-electron chi connectivity index (χ2n) is 11.2. The smallest absolute Gasteiger partial charge is 0.338 e. The number of thiocarbonyl (C=S) groups is 1. The molecule has 42 heavy (non-hydrogen) atoms. The van der Waals surface area contributed by atoms with E-state index in [4.69, 9.17) is 17.0 Å². The molecule has 0 unspecified atom stereocenters. The Bertz CT molecular complexity index is 1500. The standard InChI is InChI=1S/C29H35FN6O4S2/c1-5-40-26(37)22-21(15-34-10-11-36-18(13-34)14-35(28(36)41)16-29(3,4)27(38)39)32-24(25-31-9-12-42-25)33-23(22)19-7-6-8-20(30)17(19)2/h6-9,12,18,23H,5,10-11,13-16H2,1-4H3,(H,32,33)(H,38,39)/t18-,23-/m0/s1/i23D. The number of esters is 1. The van der Waals surface area contributed by atoms with Gasteiger partial charge in [-0.25, -0.2) is 14.2 Å². The zero-order chi connectivity index (χ0) is 31.1. The highest BCUT2D eigenvalue weighted by Gasteiger charge is 2.42. The van der Waals surface area contributed by atoms with Crippen molar-refractivity contribution in [3.8, 4) is 0 Å². The van der Waals surface area contributed by atoms with Crippen molar-refractivity contribution in [1.82, 2.24) is 25.0 Å². The second-order valence-corrected chi connectivity index (χ2v) is 12.5. The number of rotatable bonds is 9. The van der Waals surface area contributed by atoms with Gasteiger partial charge in [0.1, 0.15) is 11.8 Å². The van der Waals surface area contributed by atoms with Crippen molar-refractivity contribution in [3.63, 3.8) is 0 Å².